The first-order chi connectivity index (χ1) is 12.7. The molecule has 3 aromatic rings. The molecule has 0 atom stereocenters. The molecule has 0 aliphatic rings. The normalized spacial score (nSPS) is 10.2. The molecule has 0 radical (unpaired) electrons. The van der Waals surface area contributed by atoms with Gasteiger partial charge >= 0.3 is 0 Å². The van der Waals surface area contributed by atoms with E-state index in [1.54, 1.807) is 30.3 Å². The van der Waals surface area contributed by atoms with Crippen LogP contribution < -0.4 is 10.1 Å². The summed E-state index contributed by atoms with van der Waals surface area (Å²) in [5.74, 6) is -0.481. The van der Waals surface area contributed by atoms with E-state index in [0.29, 0.717) is 23.3 Å². The van der Waals surface area contributed by atoms with Crippen molar-refractivity contribution in [2.24, 2.45) is 0 Å². The largest absolute Gasteiger partial charge is 0.488 e. The van der Waals surface area contributed by atoms with Crippen LogP contribution in [0.3, 0.4) is 0 Å². The van der Waals surface area contributed by atoms with Crippen molar-refractivity contribution in [2.45, 2.75) is 6.61 Å². The zero-order valence-electron chi connectivity index (χ0n) is 13.6. The summed E-state index contributed by atoms with van der Waals surface area (Å²) in [5, 5.41) is 10.00. The van der Waals surface area contributed by atoms with Gasteiger partial charge in [-0.2, -0.15) is 10.2 Å². The van der Waals surface area contributed by atoms with Gasteiger partial charge in [-0.3, -0.25) is 9.59 Å². The fourth-order valence-electron chi connectivity index (χ4n) is 2.23. The third kappa shape index (κ3) is 4.27. The molecule has 26 heavy (non-hydrogen) atoms. The molecule has 3 rings (SSSR count). The number of halogens is 1. The van der Waals surface area contributed by atoms with Crippen LogP contribution in [0, 0.1) is 5.82 Å². The minimum Gasteiger partial charge on any atom is -0.488 e. The van der Waals surface area contributed by atoms with Gasteiger partial charge < -0.3 is 10.1 Å². The summed E-state index contributed by atoms with van der Waals surface area (Å²) in [6.45, 7) is 0.151. The fourth-order valence-corrected chi connectivity index (χ4v) is 2.23. The van der Waals surface area contributed by atoms with Crippen molar-refractivity contribution in [1.82, 2.24) is 10.2 Å². The standard InChI is InChI=1S/C19H14FN3O3/c20-15-4-1-13(2-5-15)12-26-18-6-3-14(11-24)9-17(18)19(25)23-16-7-8-21-22-10-16/h1-11H,12H2,(H,21,23,25). The molecule has 0 saturated heterocycles. The highest BCUT2D eigenvalue weighted by Gasteiger charge is 2.14. The van der Waals surface area contributed by atoms with Crippen molar-refractivity contribution in [2.75, 3.05) is 5.32 Å². The van der Waals surface area contributed by atoms with Crippen molar-refractivity contribution < 1.29 is 18.7 Å². The Hall–Kier alpha value is -3.61. The number of anilines is 1. The van der Waals surface area contributed by atoms with E-state index in [2.05, 4.69) is 15.5 Å². The van der Waals surface area contributed by atoms with Crippen molar-refractivity contribution in [1.29, 1.82) is 0 Å². The van der Waals surface area contributed by atoms with E-state index in [9.17, 15) is 14.0 Å². The molecule has 2 aromatic carbocycles. The molecular weight excluding hydrogens is 337 g/mol. The number of nitrogens with zero attached hydrogens (tertiary/aromatic N) is 2. The topological polar surface area (TPSA) is 81.2 Å². The summed E-state index contributed by atoms with van der Waals surface area (Å²) in [7, 11) is 0. The molecule has 1 heterocycles. The molecule has 0 unspecified atom stereocenters. The lowest BCUT2D eigenvalue weighted by molar-refractivity contribution is 0.102. The Morgan fingerprint density at radius 2 is 1.92 bits per heavy atom. The second kappa shape index (κ2) is 7.98. The number of benzene rings is 2. The van der Waals surface area contributed by atoms with Gasteiger partial charge in [0.15, 0.2) is 0 Å². The maximum Gasteiger partial charge on any atom is 0.259 e. The van der Waals surface area contributed by atoms with Crippen molar-refractivity contribution in [3.05, 3.63) is 83.4 Å². The number of hydrogen-bond donors (Lipinski definition) is 1. The number of amides is 1. The molecule has 0 bridgehead atoms. The number of aromatic nitrogens is 2. The van der Waals surface area contributed by atoms with Gasteiger partial charge in [0.05, 0.1) is 23.6 Å². The number of aldehydes is 1. The monoisotopic (exact) mass is 351 g/mol. The average molecular weight is 351 g/mol. The van der Waals surface area contributed by atoms with E-state index >= 15 is 0 Å². The van der Waals surface area contributed by atoms with Gasteiger partial charge in [0.2, 0.25) is 0 Å². The zero-order valence-corrected chi connectivity index (χ0v) is 13.6. The first-order valence-electron chi connectivity index (χ1n) is 7.70. The van der Waals surface area contributed by atoms with Crippen LogP contribution in [0.1, 0.15) is 26.3 Å². The quantitative estimate of drug-likeness (QED) is 0.690. The van der Waals surface area contributed by atoms with Crippen LogP contribution in [0.2, 0.25) is 0 Å². The Balaban J connectivity index is 1.81. The average Bonchev–Trinajstić information content (AvgIpc) is 2.68. The number of carbonyl (C=O) groups is 2. The highest BCUT2D eigenvalue weighted by atomic mass is 19.1. The van der Waals surface area contributed by atoms with Crippen molar-refractivity contribution in [3.63, 3.8) is 0 Å². The van der Waals surface area contributed by atoms with Gasteiger partial charge in [0, 0.05) is 5.56 Å². The predicted octanol–water partition coefficient (Wildman–Crippen LogP) is 3.26. The van der Waals surface area contributed by atoms with E-state index in [0.717, 1.165) is 5.56 Å². The van der Waals surface area contributed by atoms with E-state index in [1.807, 2.05) is 0 Å². The van der Waals surface area contributed by atoms with E-state index < -0.39 is 5.91 Å². The van der Waals surface area contributed by atoms with Gasteiger partial charge in [-0.15, -0.1) is 0 Å². The molecule has 1 aromatic heterocycles. The SMILES string of the molecule is O=Cc1ccc(OCc2ccc(F)cc2)c(C(=O)Nc2ccnnc2)c1. The van der Waals surface area contributed by atoms with Gasteiger partial charge in [0.1, 0.15) is 24.5 Å². The van der Waals surface area contributed by atoms with Gasteiger partial charge in [-0.1, -0.05) is 12.1 Å². The van der Waals surface area contributed by atoms with Crippen LogP contribution in [0.15, 0.2) is 60.9 Å². The second-order valence-corrected chi connectivity index (χ2v) is 5.37. The second-order valence-electron chi connectivity index (χ2n) is 5.37. The van der Waals surface area contributed by atoms with Gasteiger partial charge in [-0.05, 0) is 42.0 Å². The van der Waals surface area contributed by atoms with Crippen LogP contribution in [0.25, 0.3) is 0 Å². The molecule has 7 heteroatoms. The van der Waals surface area contributed by atoms with Gasteiger partial charge in [0.25, 0.3) is 5.91 Å². The Morgan fingerprint density at radius 3 is 2.62 bits per heavy atom. The molecule has 0 aliphatic carbocycles. The molecule has 130 valence electrons. The zero-order chi connectivity index (χ0) is 18.4. The van der Waals surface area contributed by atoms with Crippen molar-refractivity contribution in [3.8, 4) is 5.75 Å². The van der Waals surface area contributed by atoms with Crippen molar-refractivity contribution >= 4 is 17.9 Å². The molecule has 0 saturated carbocycles. The minimum absolute atomic E-state index is 0.151. The summed E-state index contributed by atoms with van der Waals surface area (Å²) in [6, 6.07) is 12.0. The van der Waals surface area contributed by atoms with E-state index in [1.165, 1.54) is 30.6 Å². The summed E-state index contributed by atoms with van der Waals surface area (Å²) in [6.07, 6.45) is 3.50. The number of ether oxygens (including phenoxy) is 1. The molecule has 1 N–H and O–H groups in total. The molecule has 0 fully saturated rings. The van der Waals surface area contributed by atoms with Crippen LogP contribution >= 0.6 is 0 Å². The third-order valence-electron chi connectivity index (χ3n) is 3.53. The highest BCUT2D eigenvalue weighted by molar-refractivity contribution is 6.06. The fraction of sp³-hybridized carbons (Fsp3) is 0.0526. The lowest BCUT2D eigenvalue weighted by atomic mass is 10.1. The van der Waals surface area contributed by atoms with Gasteiger partial charge in [-0.25, -0.2) is 4.39 Å². The number of hydrogen-bond acceptors (Lipinski definition) is 5. The Kier molecular flexibility index (Phi) is 5.28. The summed E-state index contributed by atoms with van der Waals surface area (Å²) in [4.78, 5) is 23.6. The predicted molar refractivity (Wildman–Crippen MR) is 92.5 cm³/mol. The van der Waals surface area contributed by atoms with Crippen LogP contribution in [0.4, 0.5) is 10.1 Å². The number of nitrogens with one attached hydrogen (secondary N) is 1. The maximum absolute atomic E-state index is 13.0. The Bertz CT molecular complexity index is 915. The highest BCUT2D eigenvalue weighted by Crippen LogP contribution is 2.22. The van der Waals surface area contributed by atoms with E-state index in [4.69, 9.17) is 4.74 Å². The molecule has 0 spiro atoms. The molecule has 1 amide bonds. The minimum atomic E-state index is -0.448. The molecule has 6 nitrogen and oxygen atoms in total. The first kappa shape index (κ1) is 17.2. The number of carbonyl (C=O) groups excluding carboxylic acids is 2. The maximum atomic E-state index is 13.0. The third-order valence-corrected chi connectivity index (χ3v) is 3.53. The smallest absolute Gasteiger partial charge is 0.259 e. The van der Waals surface area contributed by atoms with E-state index in [-0.39, 0.29) is 18.0 Å². The number of rotatable bonds is 6. The van der Waals surface area contributed by atoms with Crippen LogP contribution in [-0.4, -0.2) is 22.4 Å². The summed E-state index contributed by atoms with van der Waals surface area (Å²) >= 11 is 0. The van der Waals surface area contributed by atoms with Crippen LogP contribution in [-0.2, 0) is 6.61 Å². The molecule has 0 aliphatic heterocycles. The van der Waals surface area contributed by atoms with Crippen LogP contribution in [0.5, 0.6) is 5.75 Å². The Labute approximate surface area is 148 Å². The summed E-state index contributed by atoms with van der Waals surface area (Å²) in [5.41, 5.74) is 1.76. The molecular formula is C19H14FN3O3. The lowest BCUT2D eigenvalue weighted by Gasteiger charge is -2.12. The summed E-state index contributed by atoms with van der Waals surface area (Å²) < 4.78 is 18.7. The first-order valence-corrected chi connectivity index (χ1v) is 7.70. The lowest BCUT2D eigenvalue weighted by Crippen LogP contribution is -2.14. The Morgan fingerprint density at radius 1 is 1.12 bits per heavy atom.